The number of ether oxygens (including phenoxy) is 3. The molecule has 134 valence electrons. The van der Waals surface area contributed by atoms with Crippen molar-refractivity contribution in [1.29, 1.82) is 0 Å². The molecular formula is C14H12Cl6O4. The predicted molar refractivity (Wildman–Crippen MR) is 96.0 cm³/mol. The molecule has 0 N–H and O–H groups in total. The molecule has 0 radical (unpaired) electrons. The van der Waals surface area contributed by atoms with Crippen LogP contribution in [0.25, 0.3) is 0 Å². The van der Waals surface area contributed by atoms with Crippen molar-refractivity contribution in [2.45, 2.75) is 33.3 Å². The van der Waals surface area contributed by atoms with Gasteiger partial charge in [-0.2, -0.15) is 0 Å². The van der Waals surface area contributed by atoms with E-state index < -0.39 is 25.9 Å². The SMILES string of the molecule is CCc1c(C(=O)OC)ccc2c1C(C(Cl)(Cl)Cl)OC(C(Cl)(Cl)Cl)O2. The van der Waals surface area contributed by atoms with Gasteiger partial charge in [-0.1, -0.05) is 76.5 Å². The van der Waals surface area contributed by atoms with Crippen molar-refractivity contribution in [2.75, 3.05) is 7.11 Å². The lowest BCUT2D eigenvalue weighted by molar-refractivity contribution is -0.136. The van der Waals surface area contributed by atoms with E-state index in [1.807, 2.05) is 6.92 Å². The summed E-state index contributed by atoms with van der Waals surface area (Å²) in [6, 6.07) is 3.07. The van der Waals surface area contributed by atoms with Crippen LogP contribution in [0.2, 0.25) is 0 Å². The van der Waals surface area contributed by atoms with E-state index in [1.54, 1.807) is 6.07 Å². The quantitative estimate of drug-likeness (QED) is 0.432. The molecule has 1 aromatic carbocycles. The molecule has 0 spiro atoms. The lowest BCUT2D eigenvalue weighted by Gasteiger charge is -2.39. The van der Waals surface area contributed by atoms with Gasteiger partial charge in [-0.05, 0) is 24.1 Å². The molecule has 0 saturated heterocycles. The summed E-state index contributed by atoms with van der Waals surface area (Å²) in [4.78, 5) is 12.0. The zero-order valence-electron chi connectivity index (χ0n) is 12.4. The Kier molecular flexibility index (Phi) is 6.35. The molecule has 0 aromatic heterocycles. The van der Waals surface area contributed by atoms with Gasteiger partial charge in [0.05, 0.1) is 12.7 Å². The van der Waals surface area contributed by atoms with Crippen LogP contribution in [0.3, 0.4) is 0 Å². The molecule has 2 atom stereocenters. The summed E-state index contributed by atoms with van der Waals surface area (Å²) in [5, 5.41) is 0. The number of methoxy groups -OCH3 is 1. The topological polar surface area (TPSA) is 44.8 Å². The number of carbonyl (C=O) groups is 1. The van der Waals surface area contributed by atoms with Gasteiger partial charge in [0.2, 0.25) is 10.1 Å². The number of halogens is 6. The first-order valence-electron chi connectivity index (χ1n) is 6.70. The Labute approximate surface area is 169 Å². The van der Waals surface area contributed by atoms with Crippen LogP contribution in [-0.4, -0.2) is 27.0 Å². The summed E-state index contributed by atoms with van der Waals surface area (Å²) < 4.78 is 12.2. The van der Waals surface area contributed by atoms with Crippen molar-refractivity contribution < 1.29 is 19.0 Å². The molecule has 1 aliphatic heterocycles. The second kappa shape index (κ2) is 7.43. The van der Waals surface area contributed by atoms with Gasteiger partial charge in [-0.15, -0.1) is 0 Å². The van der Waals surface area contributed by atoms with E-state index >= 15 is 0 Å². The van der Waals surface area contributed by atoms with E-state index in [2.05, 4.69) is 0 Å². The minimum atomic E-state index is -1.90. The number of benzene rings is 1. The molecular weight excluding hydrogens is 445 g/mol. The molecule has 24 heavy (non-hydrogen) atoms. The molecule has 0 bridgehead atoms. The summed E-state index contributed by atoms with van der Waals surface area (Å²) in [5.41, 5.74) is 1.29. The van der Waals surface area contributed by atoms with Gasteiger partial charge in [0.1, 0.15) is 11.9 Å². The number of esters is 1. The van der Waals surface area contributed by atoms with Crippen LogP contribution in [-0.2, 0) is 15.9 Å². The molecule has 1 aromatic rings. The molecule has 4 nitrogen and oxygen atoms in total. The Morgan fingerprint density at radius 3 is 2.25 bits per heavy atom. The smallest absolute Gasteiger partial charge is 0.338 e. The van der Waals surface area contributed by atoms with Gasteiger partial charge >= 0.3 is 5.97 Å². The second-order valence-electron chi connectivity index (χ2n) is 4.90. The molecule has 2 unspecified atom stereocenters. The number of rotatable bonds is 2. The highest BCUT2D eigenvalue weighted by Crippen LogP contribution is 2.52. The van der Waals surface area contributed by atoms with E-state index in [-0.39, 0.29) is 0 Å². The summed E-state index contributed by atoms with van der Waals surface area (Å²) in [6.07, 6.45) is -1.95. The van der Waals surface area contributed by atoms with Crippen LogP contribution in [0.4, 0.5) is 0 Å². The number of fused-ring (bicyclic) bond motifs is 1. The van der Waals surface area contributed by atoms with E-state index in [4.69, 9.17) is 83.8 Å². The van der Waals surface area contributed by atoms with Crippen LogP contribution < -0.4 is 4.74 Å². The van der Waals surface area contributed by atoms with Gasteiger partial charge in [0, 0.05) is 5.56 Å². The fraction of sp³-hybridized carbons (Fsp3) is 0.500. The van der Waals surface area contributed by atoms with Crippen LogP contribution in [0, 0.1) is 0 Å². The van der Waals surface area contributed by atoms with Crippen LogP contribution in [0.15, 0.2) is 12.1 Å². The number of alkyl halides is 6. The van der Waals surface area contributed by atoms with Gasteiger partial charge in [0.15, 0.2) is 0 Å². The minimum Gasteiger partial charge on any atom is -0.465 e. The maximum absolute atomic E-state index is 12.0. The zero-order chi connectivity index (χ0) is 18.3. The summed E-state index contributed by atoms with van der Waals surface area (Å²) in [6.45, 7) is 1.83. The molecule has 10 heteroatoms. The molecule has 1 aliphatic rings. The Hall–Kier alpha value is 0.190. The van der Waals surface area contributed by atoms with Gasteiger partial charge in [-0.3, -0.25) is 0 Å². The standard InChI is InChI=1S/C14H12Cl6O4/c1-3-6-7(11(21)22-2)4-5-8-9(6)10(13(15,16)17)24-12(23-8)14(18,19)20/h4-5,10,12H,3H2,1-2H3. The molecule has 2 rings (SSSR count). The molecule has 0 fully saturated rings. The highest BCUT2D eigenvalue weighted by Gasteiger charge is 2.49. The maximum atomic E-state index is 12.0. The van der Waals surface area contributed by atoms with Gasteiger partial charge < -0.3 is 14.2 Å². The lowest BCUT2D eigenvalue weighted by Crippen LogP contribution is -2.42. The normalized spacial score (nSPS) is 21.0. The molecule has 0 saturated carbocycles. The largest absolute Gasteiger partial charge is 0.465 e. The van der Waals surface area contributed by atoms with Crippen LogP contribution in [0.1, 0.15) is 34.5 Å². The Bertz CT molecular complexity index is 637. The average Bonchev–Trinajstić information content (AvgIpc) is 2.49. The van der Waals surface area contributed by atoms with Crippen molar-refractivity contribution >= 4 is 75.6 Å². The predicted octanol–water partition coefficient (Wildman–Crippen LogP) is 5.55. The van der Waals surface area contributed by atoms with E-state index in [0.717, 1.165) is 0 Å². The summed E-state index contributed by atoms with van der Waals surface area (Å²) >= 11 is 35.7. The minimum absolute atomic E-state index is 0.304. The lowest BCUT2D eigenvalue weighted by atomic mass is 9.93. The summed E-state index contributed by atoms with van der Waals surface area (Å²) in [5.74, 6) is -0.223. The van der Waals surface area contributed by atoms with E-state index in [0.29, 0.717) is 28.9 Å². The molecule has 0 aliphatic carbocycles. The average molecular weight is 457 g/mol. The first-order valence-corrected chi connectivity index (χ1v) is 8.97. The summed E-state index contributed by atoms with van der Waals surface area (Å²) in [7, 11) is 1.28. The van der Waals surface area contributed by atoms with Crippen LogP contribution >= 0.6 is 69.6 Å². The molecule has 0 amide bonds. The van der Waals surface area contributed by atoms with Crippen LogP contribution in [0.5, 0.6) is 5.75 Å². The third kappa shape index (κ3) is 4.12. The Morgan fingerprint density at radius 1 is 1.17 bits per heavy atom. The highest BCUT2D eigenvalue weighted by atomic mass is 35.6. The van der Waals surface area contributed by atoms with E-state index in [1.165, 1.54) is 13.2 Å². The molecule has 1 heterocycles. The highest BCUT2D eigenvalue weighted by molar-refractivity contribution is 6.68. The number of hydrogen-bond acceptors (Lipinski definition) is 4. The first-order chi connectivity index (χ1) is 11.0. The van der Waals surface area contributed by atoms with Crippen molar-refractivity contribution in [3.63, 3.8) is 0 Å². The van der Waals surface area contributed by atoms with Crippen molar-refractivity contribution in [3.05, 3.63) is 28.8 Å². The fourth-order valence-corrected chi connectivity index (χ4v) is 3.20. The third-order valence-electron chi connectivity index (χ3n) is 3.40. The second-order valence-corrected chi connectivity index (χ2v) is 9.64. The maximum Gasteiger partial charge on any atom is 0.338 e. The first kappa shape index (κ1) is 20.5. The number of carbonyl (C=O) groups excluding carboxylic acids is 1. The number of hydrogen-bond donors (Lipinski definition) is 0. The van der Waals surface area contributed by atoms with Crippen molar-refractivity contribution in [1.82, 2.24) is 0 Å². The van der Waals surface area contributed by atoms with Crippen molar-refractivity contribution in [3.8, 4) is 5.75 Å². The van der Waals surface area contributed by atoms with Gasteiger partial charge in [0.25, 0.3) is 3.79 Å². The Balaban J connectivity index is 2.66. The van der Waals surface area contributed by atoms with Crippen molar-refractivity contribution in [2.24, 2.45) is 0 Å². The fourth-order valence-electron chi connectivity index (χ4n) is 2.44. The Morgan fingerprint density at radius 2 is 1.79 bits per heavy atom. The van der Waals surface area contributed by atoms with E-state index in [9.17, 15) is 4.79 Å². The monoisotopic (exact) mass is 454 g/mol. The third-order valence-corrected chi connectivity index (χ3v) is 4.53. The van der Waals surface area contributed by atoms with Gasteiger partial charge in [-0.25, -0.2) is 4.79 Å². The zero-order valence-corrected chi connectivity index (χ0v) is 17.0.